The SMILES string of the molecule is NC(N)c1cccc(Cl)c1Cl. The van der Waals surface area contributed by atoms with E-state index in [1.807, 2.05) is 0 Å². The molecule has 2 nitrogen and oxygen atoms in total. The number of rotatable bonds is 1. The number of nitrogens with two attached hydrogens (primary N) is 2. The smallest absolute Gasteiger partial charge is 0.0799 e. The lowest BCUT2D eigenvalue weighted by Crippen LogP contribution is -2.20. The van der Waals surface area contributed by atoms with Crippen LogP contribution < -0.4 is 11.5 Å². The topological polar surface area (TPSA) is 52.0 Å². The fourth-order valence-electron chi connectivity index (χ4n) is 0.778. The zero-order chi connectivity index (χ0) is 8.43. The molecule has 0 radical (unpaired) electrons. The summed E-state index contributed by atoms with van der Waals surface area (Å²) in [6.45, 7) is 0. The van der Waals surface area contributed by atoms with E-state index in [-0.39, 0.29) is 0 Å². The summed E-state index contributed by atoms with van der Waals surface area (Å²) in [5, 5.41) is 0.911. The molecule has 1 aromatic rings. The predicted molar refractivity (Wildman–Crippen MR) is 47.6 cm³/mol. The van der Waals surface area contributed by atoms with E-state index in [4.69, 9.17) is 34.7 Å². The predicted octanol–water partition coefficient (Wildman–Crippen LogP) is 1.91. The summed E-state index contributed by atoms with van der Waals surface area (Å²) < 4.78 is 0. The Balaban J connectivity index is 3.17. The lowest BCUT2D eigenvalue weighted by molar-refractivity contribution is 0.774. The highest BCUT2D eigenvalue weighted by Gasteiger charge is 2.07. The molecule has 0 atom stereocenters. The lowest BCUT2D eigenvalue weighted by atomic mass is 10.2. The Morgan fingerprint density at radius 3 is 2.27 bits per heavy atom. The number of benzene rings is 1. The van der Waals surface area contributed by atoms with Gasteiger partial charge in [0, 0.05) is 5.56 Å². The second-order valence-corrected chi connectivity index (χ2v) is 2.95. The zero-order valence-corrected chi connectivity index (χ0v) is 7.23. The first-order chi connectivity index (χ1) is 5.13. The molecule has 4 heteroatoms. The molecule has 1 aromatic carbocycles. The zero-order valence-electron chi connectivity index (χ0n) is 5.72. The van der Waals surface area contributed by atoms with Crippen LogP contribution >= 0.6 is 23.2 Å². The number of hydrogen-bond donors (Lipinski definition) is 2. The Hall–Kier alpha value is -0.280. The summed E-state index contributed by atoms with van der Waals surface area (Å²) >= 11 is 11.5. The molecule has 11 heavy (non-hydrogen) atoms. The van der Waals surface area contributed by atoms with Crippen molar-refractivity contribution in [1.29, 1.82) is 0 Å². The Bertz CT molecular complexity index is 261. The van der Waals surface area contributed by atoms with Crippen LogP contribution in [0.3, 0.4) is 0 Å². The first kappa shape index (κ1) is 8.81. The van der Waals surface area contributed by atoms with Crippen molar-refractivity contribution in [1.82, 2.24) is 0 Å². The molecule has 60 valence electrons. The molecule has 0 aliphatic heterocycles. The first-order valence-corrected chi connectivity index (χ1v) is 3.83. The molecular formula is C7H8Cl2N2. The van der Waals surface area contributed by atoms with Crippen LogP contribution in [0.4, 0.5) is 0 Å². The van der Waals surface area contributed by atoms with Crippen molar-refractivity contribution >= 4 is 23.2 Å². The van der Waals surface area contributed by atoms with Gasteiger partial charge in [-0.2, -0.15) is 0 Å². The van der Waals surface area contributed by atoms with E-state index in [0.717, 1.165) is 0 Å². The molecule has 0 saturated heterocycles. The van der Waals surface area contributed by atoms with Crippen molar-refractivity contribution in [3.05, 3.63) is 33.8 Å². The molecule has 0 saturated carbocycles. The van der Waals surface area contributed by atoms with Gasteiger partial charge < -0.3 is 11.5 Å². The lowest BCUT2D eigenvalue weighted by Gasteiger charge is -2.08. The Morgan fingerprint density at radius 1 is 1.18 bits per heavy atom. The molecule has 0 aliphatic rings. The average Bonchev–Trinajstić information content (AvgIpc) is 1.94. The van der Waals surface area contributed by atoms with Crippen LogP contribution in [0.5, 0.6) is 0 Å². The molecule has 0 fully saturated rings. The Labute approximate surface area is 75.1 Å². The van der Waals surface area contributed by atoms with Crippen LogP contribution in [0.15, 0.2) is 18.2 Å². The molecule has 0 heterocycles. The van der Waals surface area contributed by atoms with Crippen LogP contribution in [-0.2, 0) is 0 Å². The molecule has 0 spiro atoms. The maximum atomic E-state index is 5.80. The molecule has 1 rings (SSSR count). The number of halogens is 2. The van der Waals surface area contributed by atoms with Gasteiger partial charge >= 0.3 is 0 Å². The normalized spacial score (nSPS) is 10.6. The first-order valence-electron chi connectivity index (χ1n) is 3.08. The quantitative estimate of drug-likeness (QED) is 0.666. The third-order valence-electron chi connectivity index (χ3n) is 1.34. The summed E-state index contributed by atoms with van der Waals surface area (Å²) in [6, 6.07) is 5.20. The molecule has 0 bridgehead atoms. The van der Waals surface area contributed by atoms with Crippen molar-refractivity contribution in [3.63, 3.8) is 0 Å². The summed E-state index contributed by atoms with van der Waals surface area (Å²) in [6.07, 6.45) is -0.568. The van der Waals surface area contributed by atoms with Crippen molar-refractivity contribution < 1.29 is 0 Å². The van der Waals surface area contributed by atoms with Crippen molar-refractivity contribution in [3.8, 4) is 0 Å². The van der Waals surface area contributed by atoms with E-state index in [0.29, 0.717) is 15.6 Å². The highest BCUT2D eigenvalue weighted by atomic mass is 35.5. The monoisotopic (exact) mass is 190 g/mol. The Kier molecular flexibility index (Phi) is 2.73. The van der Waals surface area contributed by atoms with Gasteiger partial charge in [0.15, 0.2) is 0 Å². The van der Waals surface area contributed by atoms with Crippen LogP contribution in [0.1, 0.15) is 11.7 Å². The van der Waals surface area contributed by atoms with E-state index < -0.39 is 6.17 Å². The van der Waals surface area contributed by atoms with Crippen LogP contribution in [0.2, 0.25) is 10.0 Å². The van der Waals surface area contributed by atoms with Gasteiger partial charge in [0.25, 0.3) is 0 Å². The summed E-state index contributed by atoms with van der Waals surface area (Å²) in [7, 11) is 0. The highest BCUT2D eigenvalue weighted by Crippen LogP contribution is 2.27. The Morgan fingerprint density at radius 2 is 1.82 bits per heavy atom. The van der Waals surface area contributed by atoms with Gasteiger partial charge in [-0.3, -0.25) is 0 Å². The van der Waals surface area contributed by atoms with Crippen molar-refractivity contribution in [2.24, 2.45) is 11.5 Å². The van der Waals surface area contributed by atoms with Crippen molar-refractivity contribution in [2.45, 2.75) is 6.17 Å². The number of hydrogen-bond acceptors (Lipinski definition) is 2. The molecule has 0 unspecified atom stereocenters. The second-order valence-electron chi connectivity index (χ2n) is 2.17. The molecular weight excluding hydrogens is 183 g/mol. The largest absolute Gasteiger partial charge is 0.312 e. The van der Waals surface area contributed by atoms with Crippen LogP contribution in [0.25, 0.3) is 0 Å². The van der Waals surface area contributed by atoms with Crippen LogP contribution in [0, 0.1) is 0 Å². The van der Waals surface area contributed by atoms with Crippen molar-refractivity contribution in [2.75, 3.05) is 0 Å². The van der Waals surface area contributed by atoms with E-state index in [9.17, 15) is 0 Å². The minimum absolute atomic E-state index is 0.434. The van der Waals surface area contributed by atoms with Crippen LogP contribution in [-0.4, -0.2) is 0 Å². The maximum absolute atomic E-state index is 5.80. The third-order valence-corrected chi connectivity index (χ3v) is 2.17. The van der Waals surface area contributed by atoms with E-state index in [2.05, 4.69) is 0 Å². The van der Waals surface area contributed by atoms with Gasteiger partial charge in [0.1, 0.15) is 0 Å². The summed E-state index contributed by atoms with van der Waals surface area (Å²) in [5.41, 5.74) is 11.5. The van der Waals surface area contributed by atoms with Gasteiger partial charge in [-0.05, 0) is 6.07 Å². The second kappa shape index (κ2) is 3.41. The maximum Gasteiger partial charge on any atom is 0.0799 e. The molecule has 0 aliphatic carbocycles. The molecule has 0 aromatic heterocycles. The minimum Gasteiger partial charge on any atom is -0.312 e. The summed E-state index contributed by atoms with van der Waals surface area (Å²) in [5.74, 6) is 0. The average molecular weight is 191 g/mol. The van der Waals surface area contributed by atoms with E-state index in [1.165, 1.54) is 0 Å². The van der Waals surface area contributed by atoms with E-state index >= 15 is 0 Å². The fraction of sp³-hybridized carbons (Fsp3) is 0.143. The minimum atomic E-state index is -0.568. The van der Waals surface area contributed by atoms with Gasteiger partial charge in [0.05, 0.1) is 16.2 Å². The van der Waals surface area contributed by atoms with E-state index in [1.54, 1.807) is 18.2 Å². The fourth-order valence-corrected chi connectivity index (χ4v) is 1.21. The van der Waals surface area contributed by atoms with Gasteiger partial charge in [-0.25, -0.2) is 0 Å². The van der Waals surface area contributed by atoms with Gasteiger partial charge in [0.2, 0.25) is 0 Å². The highest BCUT2D eigenvalue weighted by molar-refractivity contribution is 6.42. The molecule has 0 amide bonds. The van der Waals surface area contributed by atoms with Gasteiger partial charge in [-0.1, -0.05) is 35.3 Å². The summed E-state index contributed by atoms with van der Waals surface area (Å²) in [4.78, 5) is 0. The third kappa shape index (κ3) is 1.84. The van der Waals surface area contributed by atoms with Gasteiger partial charge in [-0.15, -0.1) is 0 Å². The molecule has 4 N–H and O–H groups in total. The standard InChI is InChI=1S/C7H8Cl2N2/c8-5-3-1-2-4(6(5)9)7(10)11/h1-3,7H,10-11H2.